The Bertz CT molecular complexity index is 1100. The number of nitrogens with two attached hydrogens (primary N) is 1. The Labute approximate surface area is 199 Å². The van der Waals surface area contributed by atoms with Crippen molar-refractivity contribution < 1.29 is 14.4 Å². The van der Waals surface area contributed by atoms with E-state index in [-0.39, 0.29) is 17.5 Å². The van der Waals surface area contributed by atoms with Gasteiger partial charge in [0.15, 0.2) is 11.5 Å². The van der Waals surface area contributed by atoms with E-state index in [1.165, 1.54) is 11.0 Å². The average Bonchev–Trinajstić information content (AvgIpc) is 3.67. The Kier molecular flexibility index (Phi) is 7.99. The van der Waals surface area contributed by atoms with Crippen LogP contribution in [0.25, 0.3) is 0 Å². The van der Waals surface area contributed by atoms with Crippen molar-refractivity contribution in [2.24, 2.45) is 5.73 Å². The third kappa shape index (κ3) is 5.98. The van der Waals surface area contributed by atoms with Crippen molar-refractivity contribution in [1.82, 2.24) is 20.2 Å². The summed E-state index contributed by atoms with van der Waals surface area (Å²) in [6.45, 7) is 7.51. The molecule has 0 saturated heterocycles. The molecule has 1 aromatic carbocycles. The molecule has 4 N–H and O–H groups in total. The predicted octanol–water partition coefficient (Wildman–Crippen LogP) is 2.45. The summed E-state index contributed by atoms with van der Waals surface area (Å²) >= 11 is 0. The van der Waals surface area contributed by atoms with E-state index in [1.807, 2.05) is 31.2 Å². The molecule has 180 valence electrons. The first-order chi connectivity index (χ1) is 16.2. The maximum absolute atomic E-state index is 12.3. The molecule has 1 aliphatic carbocycles. The molecule has 3 amide bonds. The van der Waals surface area contributed by atoms with Gasteiger partial charge in [-0.3, -0.25) is 14.4 Å². The lowest BCUT2D eigenvalue weighted by atomic mass is 10.1. The molecule has 1 aromatic heterocycles. The van der Waals surface area contributed by atoms with Crippen LogP contribution in [-0.4, -0.2) is 52.2 Å². The quantitative estimate of drug-likeness (QED) is 0.438. The molecule has 9 heteroatoms. The summed E-state index contributed by atoms with van der Waals surface area (Å²) in [6.07, 6.45) is 4.61. The average molecular weight is 465 g/mol. The number of hydrogen-bond acceptors (Lipinski definition) is 6. The Balaban J connectivity index is 1.68. The fraction of sp³-hybridized carbons (Fsp3) is 0.400. The molecule has 34 heavy (non-hydrogen) atoms. The first kappa shape index (κ1) is 24.9. The summed E-state index contributed by atoms with van der Waals surface area (Å²) in [5.74, 6) is -0.419. The number of nitrogens with one attached hydrogen (secondary N) is 2. The van der Waals surface area contributed by atoms with Crippen LogP contribution in [0.15, 0.2) is 36.9 Å². The molecule has 1 heterocycles. The Morgan fingerprint density at radius 1 is 1.29 bits per heavy atom. The minimum atomic E-state index is -0.625. The van der Waals surface area contributed by atoms with Crippen molar-refractivity contribution in [3.63, 3.8) is 0 Å². The van der Waals surface area contributed by atoms with Gasteiger partial charge in [0, 0.05) is 25.2 Å². The number of likely N-dealkylation sites (N-methyl/N-ethyl adjacent to an activating group) is 1. The van der Waals surface area contributed by atoms with Gasteiger partial charge in [-0.2, -0.15) is 0 Å². The molecular weight excluding hydrogens is 432 g/mol. The number of benzene rings is 1. The lowest BCUT2D eigenvalue weighted by Gasteiger charge is -2.22. The molecule has 0 spiro atoms. The molecule has 1 aliphatic rings. The normalized spacial score (nSPS) is 13.6. The van der Waals surface area contributed by atoms with Crippen molar-refractivity contribution in [1.29, 1.82) is 0 Å². The predicted molar refractivity (Wildman–Crippen MR) is 131 cm³/mol. The van der Waals surface area contributed by atoms with Crippen molar-refractivity contribution in [2.75, 3.05) is 18.9 Å². The van der Waals surface area contributed by atoms with Gasteiger partial charge in [-0.25, -0.2) is 9.97 Å². The summed E-state index contributed by atoms with van der Waals surface area (Å²) < 4.78 is 0. The van der Waals surface area contributed by atoms with Crippen LogP contribution in [0.3, 0.4) is 0 Å². The lowest BCUT2D eigenvalue weighted by Crippen LogP contribution is -2.45. The SMILES string of the molecule is C=CC(=O)N(C)C(C)C(=O)NCCc1cccc(Nc2nc(C3CC3)c(CC)nc2C(N)=O)c1. The van der Waals surface area contributed by atoms with E-state index < -0.39 is 11.9 Å². The van der Waals surface area contributed by atoms with Gasteiger partial charge in [0.05, 0.1) is 11.4 Å². The van der Waals surface area contributed by atoms with Crippen molar-refractivity contribution in [3.05, 3.63) is 59.6 Å². The number of aryl methyl sites for hydroxylation is 1. The molecule has 9 nitrogen and oxygen atoms in total. The minimum Gasteiger partial charge on any atom is -0.364 e. The molecule has 0 bridgehead atoms. The van der Waals surface area contributed by atoms with Gasteiger partial charge < -0.3 is 21.3 Å². The smallest absolute Gasteiger partial charge is 0.271 e. The number of amides is 3. The maximum Gasteiger partial charge on any atom is 0.271 e. The van der Waals surface area contributed by atoms with Gasteiger partial charge in [-0.15, -0.1) is 0 Å². The van der Waals surface area contributed by atoms with Crippen LogP contribution in [0, 0.1) is 0 Å². The van der Waals surface area contributed by atoms with E-state index in [0.29, 0.717) is 31.1 Å². The number of anilines is 2. The molecule has 3 rings (SSSR count). The zero-order chi connectivity index (χ0) is 24.8. The molecule has 0 aliphatic heterocycles. The summed E-state index contributed by atoms with van der Waals surface area (Å²) in [5.41, 5.74) is 9.19. The van der Waals surface area contributed by atoms with E-state index in [4.69, 9.17) is 10.7 Å². The standard InChI is InChI=1S/C25H32N6O3/c1-5-19-21(17-10-11-17)30-24(22(29-19)23(26)33)28-18-9-7-8-16(14-18)12-13-27-25(34)15(3)31(4)20(32)6-2/h6-9,14-15,17H,2,5,10-13H2,1,3-4H3,(H2,26,33)(H,27,34)(H,28,30). The van der Waals surface area contributed by atoms with E-state index in [2.05, 4.69) is 22.2 Å². The Morgan fingerprint density at radius 3 is 2.65 bits per heavy atom. The van der Waals surface area contributed by atoms with Crippen LogP contribution in [0.2, 0.25) is 0 Å². The van der Waals surface area contributed by atoms with Crippen LogP contribution < -0.4 is 16.4 Å². The second-order valence-electron chi connectivity index (χ2n) is 8.44. The molecule has 1 atom stereocenters. The molecular formula is C25H32N6O3. The maximum atomic E-state index is 12.3. The topological polar surface area (TPSA) is 130 Å². The fourth-order valence-corrected chi connectivity index (χ4v) is 3.62. The van der Waals surface area contributed by atoms with E-state index in [1.54, 1.807) is 14.0 Å². The summed E-state index contributed by atoms with van der Waals surface area (Å²) in [7, 11) is 1.56. The highest BCUT2D eigenvalue weighted by molar-refractivity contribution is 5.96. The molecule has 0 radical (unpaired) electrons. The van der Waals surface area contributed by atoms with Crippen LogP contribution in [0.4, 0.5) is 11.5 Å². The number of carbonyl (C=O) groups excluding carboxylic acids is 3. The van der Waals surface area contributed by atoms with E-state index in [9.17, 15) is 14.4 Å². The van der Waals surface area contributed by atoms with Gasteiger partial charge >= 0.3 is 0 Å². The Morgan fingerprint density at radius 2 is 2.03 bits per heavy atom. The number of carbonyl (C=O) groups is 3. The van der Waals surface area contributed by atoms with Crippen molar-refractivity contribution in [2.45, 2.75) is 51.5 Å². The van der Waals surface area contributed by atoms with Crippen LogP contribution in [0.1, 0.15) is 60.0 Å². The fourth-order valence-electron chi connectivity index (χ4n) is 3.62. The minimum absolute atomic E-state index is 0.131. The van der Waals surface area contributed by atoms with Crippen molar-refractivity contribution >= 4 is 29.2 Å². The highest BCUT2D eigenvalue weighted by Gasteiger charge is 2.30. The number of rotatable bonds is 11. The largest absolute Gasteiger partial charge is 0.364 e. The van der Waals surface area contributed by atoms with Crippen LogP contribution in [-0.2, 0) is 22.4 Å². The summed E-state index contributed by atoms with van der Waals surface area (Å²) in [4.78, 5) is 46.6. The number of aromatic nitrogens is 2. The first-order valence-corrected chi connectivity index (χ1v) is 11.5. The summed E-state index contributed by atoms with van der Waals surface area (Å²) in [5, 5.41) is 6.06. The van der Waals surface area contributed by atoms with E-state index in [0.717, 1.165) is 35.5 Å². The number of primary amides is 1. The highest BCUT2D eigenvalue weighted by Crippen LogP contribution is 2.41. The Hall–Kier alpha value is -3.75. The number of nitrogens with zero attached hydrogens (tertiary/aromatic N) is 3. The van der Waals surface area contributed by atoms with Crippen LogP contribution in [0.5, 0.6) is 0 Å². The molecule has 1 saturated carbocycles. The molecule has 2 aromatic rings. The van der Waals surface area contributed by atoms with Gasteiger partial charge in [0.1, 0.15) is 6.04 Å². The van der Waals surface area contributed by atoms with Crippen LogP contribution >= 0.6 is 0 Å². The second-order valence-corrected chi connectivity index (χ2v) is 8.44. The number of hydrogen-bond donors (Lipinski definition) is 3. The third-order valence-electron chi connectivity index (χ3n) is 5.92. The van der Waals surface area contributed by atoms with Gasteiger partial charge in [0.2, 0.25) is 11.8 Å². The van der Waals surface area contributed by atoms with Gasteiger partial charge in [-0.1, -0.05) is 25.6 Å². The third-order valence-corrected chi connectivity index (χ3v) is 5.92. The second kappa shape index (κ2) is 10.9. The highest BCUT2D eigenvalue weighted by atomic mass is 16.2. The van der Waals surface area contributed by atoms with Gasteiger partial charge in [-0.05, 0) is 56.4 Å². The molecule has 1 unspecified atom stereocenters. The van der Waals surface area contributed by atoms with Gasteiger partial charge in [0.25, 0.3) is 5.91 Å². The lowest BCUT2D eigenvalue weighted by molar-refractivity contribution is -0.135. The summed E-state index contributed by atoms with van der Waals surface area (Å²) in [6, 6.07) is 7.04. The first-order valence-electron chi connectivity index (χ1n) is 11.5. The van der Waals surface area contributed by atoms with Crippen molar-refractivity contribution in [3.8, 4) is 0 Å². The molecule has 1 fully saturated rings. The zero-order valence-corrected chi connectivity index (χ0v) is 19.9. The zero-order valence-electron chi connectivity index (χ0n) is 19.9. The van der Waals surface area contributed by atoms with E-state index >= 15 is 0 Å². The monoisotopic (exact) mass is 464 g/mol.